The van der Waals surface area contributed by atoms with Gasteiger partial charge in [0.1, 0.15) is 11.9 Å². The van der Waals surface area contributed by atoms with E-state index in [-0.39, 0.29) is 12.0 Å². The summed E-state index contributed by atoms with van der Waals surface area (Å²) in [6.45, 7) is 5.53. The van der Waals surface area contributed by atoms with Gasteiger partial charge in [0.15, 0.2) is 0 Å². The second kappa shape index (κ2) is 6.94. The van der Waals surface area contributed by atoms with E-state index in [4.69, 9.17) is 9.47 Å². The number of hydrogen-bond donors (Lipinski definition) is 1. The number of amides is 2. The third-order valence-electron chi connectivity index (χ3n) is 4.83. The van der Waals surface area contributed by atoms with E-state index in [2.05, 4.69) is 17.3 Å². The van der Waals surface area contributed by atoms with Crippen LogP contribution in [0, 0.1) is 0 Å². The molecule has 1 aromatic carbocycles. The lowest BCUT2D eigenvalue weighted by atomic mass is 10.1. The Hall–Kier alpha value is -3.03. The lowest BCUT2D eigenvalue weighted by Gasteiger charge is -2.16. The van der Waals surface area contributed by atoms with Crippen LogP contribution < -0.4 is 15.0 Å². The van der Waals surface area contributed by atoms with Crippen molar-refractivity contribution in [2.24, 2.45) is 0 Å². The fourth-order valence-corrected chi connectivity index (χ4v) is 3.52. The molecule has 4 rings (SSSR count). The highest BCUT2D eigenvalue weighted by atomic mass is 16.6. The number of fused-ring (bicyclic) bond motifs is 3. The molecule has 1 saturated heterocycles. The molecule has 0 saturated carbocycles. The number of carbonyl (C=O) groups excluding carboxylic acids is 2. The number of benzene rings is 1. The van der Waals surface area contributed by atoms with Gasteiger partial charge in [0.25, 0.3) is 0 Å². The van der Waals surface area contributed by atoms with Crippen LogP contribution in [-0.4, -0.2) is 47.6 Å². The minimum absolute atomic E-state index is 0.147. The Morgan fingerprint density at radius 2 is 2.26 bits per heavy atom. The van der Waals surface area contributed by atoms with E-state index in [1.165, 1.54) is 12.5 Å². The third kappa shape index (κ3) is 3.22. The summed E-state index contributed by atoms with van der Waals surface area (Å²) in [5.41, 5.74) is 3.94. The van der Waals surface area contributed by atoms with Crippen molar-refractivity contribution in [3.05, 3.63) is 30.0 Å². The van der Waals surface area contributed by atoms with E-state index >= 15 is 0 Å². The molecule has 2 aliphatic heterocycles. The summed E-state index contributed by atoms with van der Waals surface area (Å²) < 4.78 is 13.3. The van der Waals surface area contributed by atoms with Gasteiger partial charge < -0.3 is 14.8 Å². The fourth-order valence-electron chi connectivity index (χ4n) is 3.52. The van der Waals surface area contributed by atoms with Gasteiger partial charge in [-0.3, -0.25) is 14.4 Å². The Morgan fingerprint density at radius 3 is 3.04 bits per heavy atom. The topological polar surface area (TPSA) is 85.7 Å². The molecule has 8 nitrogen and oxygen atoms in total. The lowest BCUT2D eigenvalue weighted by Crippen LogP contribution is -2.33. The van der Waals surface area contributed by atoms with Crippen LogP contribution in [0.4, 0.5) is 10.5 Å². The van der Waals surface area contributed by atoms with Gasteiger partial charge in [-0.15, -0.1) is 0 Å². The molecule has 1 unspecified atom stereocenters. The van der Waals surface area contributed by atoms with Crippen LogP contribution in [0.1, 0.15) is 19.4 Å². The molecule has 1 N–H and O–H groups in total. The molecule has 0 aliphatic carbocycles. The molecule has 2 aromatic rings. The summed E-state index contributed by atoms with van der Waals surface area (Å²) in [6.07, 6.45) is 1.91. The van der Waals surface area contributed by atoms with Gasteiger partial charge in [-0.05, 0) is 19.1 Å². The number of nitrogens with one attached hydrogen (secondary N) is 1. The average molecular weight is 370 g/mol. The minimum Gasteiger partial charge on any atom is -0.492 e. The Bertz CT molecular complexity index is 892. The van der Waals surface area contributed by atoms with Crippen LogP contribution in [0.2, 0.25) is 0 Å². The Labute approximate surface area is 157 Å². The normalized spacial score (nSPS) is 18.2. The van der Waals surface area contributed by atoms with E-state index in [0.29, 0.717) is 19.7 Å². The molecule has 0 bridgehead atoms. The average Bonchev–Trinajstić information content (AvgIpc) is 3.18. The Kier molecular flexibility index (Phi) is 4.47. The van der Waals surface area contributed by atoms with E-state index in [0.717, 1.165) is 35.7 Å². The minimum atomic E-state index is -0.418. The van der Waals surface area contributed by atoms with Crippen molar-refractivity contribution in [2.75, 3.05) is 24.6 Å². The van der Waals surface area contributed by atoms with Crippen LogP contribution >= 0.6 is 0 Å². The molecule has 8 heteroatoms. The number of cyclic esters (lactones) is 1. The number of ether oxygens (including phenoxy) is 2. The quantitative estimate of drug-likeness (QED) is 0.889. The molecule has 2 aliphatic rings. The largest absolute Gasteiger partial charge is 0.492 e. The third-order valence-corrected chi connectivity index (χ3v) is 4.83. The molecule has 0 radical (unpaired) electrons. The Balaban J connectivity index is 1.61. The van der Waals surface area contributed by atoms with Crippen LogP contribution in [0.3, 0.4) is 0 Å². The Morgan fingerprint density at radius 1 is 1.41 bits per heavy atom. The summed E-state index contributed by atoms with van der Waals surface area (Å²) in [7, 11) is 0. The van der Waals surface area contributed by atoms with E-state index < -0.39 is 6.09 Å². The maximum absolute atomic E-state index is 12.3. The number of aryl methyl sites for hydroxylation is 1. The second-order valence-corrected chi connectivity index (χ2v) is 6.67. The fraction of sp³-hybridized carbons (Fsp3) is 0.421. The lowest BCUT2D eigenvalue weighted by molar-refractivity contribution is -0.119. The van der Waals surface area contributed by atoms with Crippen molar-refractivity contribution in [3.63, 3.8) is 0 Å². The molecule has 27 heavy (non-hydrogen) atoms. The van der Waals surface area contributed by atoms with Gasteiger partial charge in [0.2, 0.25) is 5.91 Å². The van der Waals surface area contributed by atoms with Gasteiger partial charge in [-0.2, -0.15) is 5.10 Å². The SMILES string of the molecule is CCn1ncc2c1-c1ccc(N3CC(CNC(C)=O)OC3=O)cc1OCC2. The van der Waals surface area contributed by atoms with Crippen LogP contribution in [0.5, 0.6) is 5.75 Å². The van der Waals surface area contributed by atoms with Gasteiger partial charge in [-0.1, -0.05) is 0 Å². The van der Waals surface area contributed by atoms with Gasteiger partial charge in [0.05, 0.1) is 37.3 Å². The van der Waals surface area contributed by atoms with Crippen LogP contribution in [-0.2, 0) is 22.5 Å². The summed E-state index contributed by atoms with van der Waals surface area (Å²) in [5.74, 6) is 0.589. The molecular weight excluding hydrogens is 348 g/mol. The molecule has 0 spiro atoms. The molecule has 142 valence electrons. The molecule has 1 atom stereocenters. The number of anilines is 1. The zero-order chi connectivity index (χ0) is 19.0. The number of rotatable bonds is 4. The first-order valence-corrected chi connectivity index (χ1v) is 9.11. The van der Waals surface area contributed by atoms with E-state index in [9.17, 15) is 9.59 Å². The second-order valence-electron chi connectivity index (χ2n) is 6.67. The van der Waals surface area contributed by atoms with E-state index in [1.54, 1.807) is 4.90 Å². The summed E-state index contributed by atoms with van der Waals surface area (Å²) in [4.78, 5) is 24.9. The standard InChI is InChI=1S/C19H22N4O4/c1-3-23-18-13(9-21-23)6-7-26-17-8-14(4-5-16(17)18)22-11-15(27-19(22)25)10-20-12(2)24/h4-5,8-9,15H,3,6-7,10-11H2,1-2H3,(H,20,24). The van der Waals surface area contributed by atoms with E-state index in [1.807, 2.05) is 29.1 Å². The van der Waals surface area contributed by atoms with Gasteiger partial charge >= 0.3 is 6.09 Å². The highest BCUT2D eigenvalue weighted by Crippen LogP contribution is 2.38. The van der Waals surface area contributed by atoms with Gasteiger partial charge in [0, 0.05) is 37.1 Å². The summed E-state index contributed by atoms with van der Waals surface area (Å²) in [6, 6.07) is 5.74. The molecule has 1 aromatic heterocycles. The highest BCUT2D eigenvalue weighted by Gasteiger charge is 2.33. The number of carbonyl (C=O) groups is 2. The van der Waals surface area contributed by atoms with Crippen molar-refractivity contribution in [1.82, 2.24) is 15.1 Å². The predicted molar refractivity (Wildman–Crippen MR) is 98.8 cm³/mol. The van der Waals surface area contributed by atoms with Crippen LogP contribution in [0.15, 0.2) is 24.4 Å². The zero-order valence-corrected chi connectivity index (χ0v) is 15.4. The van der Waals surface area contributed by atoms with Crippen LogP contribution in [0.25, 0.3) is 11.3 Å². The molecule has 3 heterocycles. The van der Waals surface area contributed by atoms with Crippen molar-refractivity contribution in [1.29, 1.82) is 0 Å². The monoisotopic (exact) mass is 370 g/mol. The maximum Gasteiger partial charge on any atom is 0.414 e. The summed E-state index contributed by atoms with van der Waals surface area (Å²) in [5, 5.41) is 7.14. The predicted octanol–water partition coefficient (Wildman–Crippen LogP) is 1.97. The van der Waals surface area contributed by atoms with Crippen molar-refractivity contribution < 1.29 is 19.1 Å². The molecule has 1 fully saturated rings. The smallest absolute Gasteiger partial charge is 0.414 e. The number of nitrogens with zero attached hydrogens (tertiary/aromatic N) is 3. The summed E-state index contributed by atoms with van der Waals surface area (Å²) >= 11 is 0. The van der Waals surface area contributed by atoms with Crippen molar-refractivity contribution in [2.45, 2.75) is 32.9 Å². The number of aromatic nitrogens is 2. The first-order chi connectivity index (χ1) is 13.1. The van der Waals surface area contributed by atoms with Crippen molar-refractivity contribution >= 4 is 17.7 Å². The van der Waals surface area contributed by atoms with Crippen molar-refractivity contribution in [3.8, 4) is 17.0 Å². The molecule has 2 amide bonds. The van der Waals surface area contributed by atoms with Gasteiger partial charge in [-0.25, -0.2) is 4.79 Å². The highest BCUT2D eigenvalue weighted by molar-refractivity contribution is 5.91. The first-order valence-electron chi connectivity index (χ1n) is 9.11. The molecular formula is C19H22N4O4. The zero-order valence-electron chi connectivity index (χ0n) is 15.4. The number of hydrogen-bond acceptors (Lipinski definition) is 5. The first kappa shape index (κ1) is 17.4. The maximum atomic E-state index is 12.3.